The molecule has 0 unspecified atom stereocenters. The number of carbonyl (C=O) groups excluding carboxylic acids is 2. The van der Waals surface area contributed by atoms with E-state index in [2.05, 4.69) is 10.6 Å². The van der Waals surface area contributed by atoms with Crippen molar-refractivity contribution in [3.63, 3.8) is 0 Å². The molecule has 0 aliphatic carbocycles. The summed E-state index contributed by atoms with van der Waals surface area (Å²) in [6.45, 7) is 5.61. The first-order chi connectivity index (χ1) is 11.2. The SMILES string of the molecule is CC(C)(C)CC(=O)NCC(=O)NCc1cccc(OCC(=O)O)c1. The molecule has 24 heavy (non-hydrogen) atoms. The smallest absolute Gasteiger partial charge is 0.341 e. The minimum absolute atomic E-state index is 0.0792. The second kappa shape index (κ2) is 8.90. The van der Waals surface area contributed by atoms with Crippen molar-refractivity contribution in [2.24, 2.45) is 5.41 Å². The van der Waals surface area contributed by atoms with Gasteiger partial charge in [0.25, 0.3) is 0 Å². The Hall–Kier alpha value is -2.57. The zero-order valence-corrected chi connectivity index (χ0v) is 14.2. The Morgan fingerprint density at radius 2 is 1.83 bits per heavy atom. The van der Waals surface area contributed by atoms with Crippen LogP contribution in [-0.4, -0.2) is 36.0 Å². The van der Waals surface area contributed by atoms with Gasteiger partial charge in [0.1, 0.15) is 5.75 Å². The largest absolute Gasteiger partial charge is 0.482 e. The van der Waals surface area contributed by atoms with Gasteiger partial charge in [-0.25, -0.2) is 4.79 Å². The molecule has 132 valence electrons. The number of ether oxygens (including phenoxy) is 1. The van der Waals surface area contributed by atoms with Crippen molar-refractivity contribution in [1.82, 2.24) is 10.6 Å². The maximum Gasteiger partial charge on any atom is 0.341 e. The normalized spacial score (nSPS) is 10.8. The van der Waals surface area contributed by atoms with Crippen LogP contribution in [0.5, 0.6) is 5.75 Å². The minimum atomic E-state index is -1.06. The molecule has 0 aliphatic heterocycles. The fourth-order valence-electron chi connectivity index (χ4n) is 1.88. The third-order valence-corrected chi connectivity index (χ3v) is 2.89. The van der Waals surface area contributed by atoms with Gasteiger partial charge in [-0.3, -0.25) is 9.59 Å². The number of hydrogen-bond donors (Lipinski definition) is 3. The van der Waals surface area contributed by atoms with Crippen LogP contribution in [0.15, 0.2) is 24.3 Å². The molecule has 1 aromatic carbocycles. The van der Waals surface area contributed by atoms with E-state index < -0.39 is 12.6 Å². The lowest BCUT2D eigenvalue weighted by Gasteiger charge is -2.17. The summed E-state index contributed by atoms with van der Waals surface area (Å²) < 4.78 is 5.07. The number of rotatable bonds is 8. The predicted molar refractivity (Wildman–Crippen MR) is 88.5 cm³/mol. The second-order valence-corrected chi connectivity index (χ2v) is 6.62. The highest BCUT2D eigenvalue weighted by Crippen LogP contribution is 2.17. The molecule has 0 saturated heterocycles. The summed E-state index contributed by atoms with van der Waals surface area (Å²) in [7, 11) is 0. The molecular formula is C17H24N2O5. The lowest BCUT2D eigenvalue weighted by molar-refractivity contribution is -0.139. The Morgan fingerprint density at radius 1 is 1.12 bits per heavy atom. The molecule has 0 aliphatic rings. The molecule has 3 N–H and O–H groups in total. The van der Waals surface area contributed by atoms with Crippen molar-refractivity contribution in [2.75, 3.05) is 13.2 Å². The number of carboxylic acid groups (broad SMARTS) is 1. The van der Waals surface area contributed by atoms with Gasteiger partial charge in [0.05, 0.1) is 6.54 Å². The zero-order valence-electron chi connectivity index (χ0n) is 14.2. The van der Waals surface area contributed by atoms with Crippen molar-refractivity contribution in [3.05, 3.63) is 29.8 Å². The van der Waals surface area contributed by atoms with Gasteiger partial charge >= 0.3 is 5.97 Å². The molecular weight excluding hydrogens is 312 g/mol. The van der Waals surface area contributed by atoms with Gasteiger partial charge in [-0.05, 0) is 23.1 Å². The van der Waals surface area contributed by atoms with Crippen molar-refractivity contribution in [2.45, 2.75) is 33.7 Å². The molecule has 7 nitrogen and oxygen atoms in total. The van der Waals surface area contributed by atoms with E-state index in [-0.39, 0.29) is 30.3 Å². The molecule has 2 amide bonds. The monoisotopic (exact) mass is 336 g/mol. The lowest BCUT2D eigenvalue weighted by Crippen LogP contribution is -2.37. The third kappa shape index (κ3) is 8.77. The Morgan fingerprint density at radius 3 is 2.46 bits per heavy atom. The molecule has 0 fully saturated rings. The average Bonchev–Trinajstić information content (AvgIpc) is 2.47. The lowest BCUT2D eigenvalue weighted by atomic mass is 9.92. The van der Waals surface area contributed by atoms with Gasteiger partial charge in [0, 0.05) is 13.0 Å². The van der Waals surface area contributed by atoms with E-state index in [4.69, 9.17) is 9.84 Å². The average molecular weight is 336 g/mol. The summed E-state index contributed by atoms with van der Waals surface area (Å²) in [4.78, 5) is 33.9. The van der Waals surface area contributed by atoms with Crippen LogP contribution >= 0.6 is 0 Å². The Bertz CT molecular complexity index is 593. The van der Waals surface area contributed by atoms with Crippen LogP contribution in [0.2, 0.25) is 0 Å². The summed E-state index contributed by atoms with van der Waals surface area (Å²) >= 11 is 0. The molecule has 0 bridgehead atoms. The first kappa shape index (κ1) is 19.5. The number of nitrogens with one attached hydrogen (secondary N) is 2. The molecule has 0 radical (unpaired) electrons. The first-order valence-electron chi connectivity index (χ1n) is 7.63. The maximum absolute atomic E-state index is 11.8. The molecule has 0 heterocycles. The number of hydrogen-bond acceptors (Lipinski definition) is 4. The van der Waals surface area contributed by atoms with Gasteiger partial charge in [-0.2, -0.15) is 0 Å². The molecule has 7 heteroatoms. The molecule has 1 aromatic rings. The second-order valence-electron chi connectivity index (χ2n) is 6.62. The van der Waals surface area contributed by atoms with Crippen LogP contribution in [0.3, 0.4) is 0 Å². The van der Waals surface area contributed by atoms with Crippen LogP contribution < -0.4 is 15.4 Å². The summed E-state index contributed by atoms with van der Waals surface area (Å²) in [5, 5.41) is 13.8. The standard InChI is InChI=1S/C17H24N2O5/c1-17(2,3)8-14(20)19-10-15(21)18-9-12-5-4-6-13(7-12)24-11-16(22)23/h4-7H,8-11H2,1-3H3,(H,18,21)(H,19,20)(H,22,23). The van der Waals surface area contributed by atoms with Crippen molar-refractivity contribution >= 4 is 17.8 Å². The van der Waals surface area contributed by atoms with Crippen molar-refractivity contribution in [1.29, 1.82) is 0 Å². The molecule has 0 spiro atoms. The summed E-state index contributed by atoms with van der Waals surface area (Å²) in [6, 6.07) is 6.79. The number of aliphatic carboxylic acids is 1. The number of benzene rings is 1. The number of carbonyl (C=O) groups is 3. The summed E-state index contributed by atoms with van der Waals surface area (Å²) in [5.74, 6) is -1.10. The predicted octanol–water partition coefficient (Wildman–Crippen LogP) is 1.32. The number of amides is 2. The van der Waals surface area contributed by atoms with Crippen molar-refractivity contribution in [3.8, 4) is 5.75 Å². The van der Waals surface area contributed by atoms with Crippen LogP contribution in [0, 0.1) is 5.41 Å². The Balaban J connectivity index is 2.37. The van der Waals surface area contributed by atoms with E-state index in [0.29, 0.717) is 12.2 Å². The fraction of sp³-hybridized carbons (Fsp3) is 0.471. The van der Waals surface area contributed by atoms with Crippen LogP contribution in [0.25, 0.3) is 0 Å². The summed E-state index contributed by atoms with van der Waals surface area (Å²) in [6.07, 6.45) is 0.350. The van der Waals surface area contributed by atoms with Crippen molar-refractivity contribution < 1.29 is 24.2 Å². The molecule has 1 rings (SSSR count). The third-order valence-electron chi connectivity index (χ3n) is 2.89. The van der Waals surface area contributed by atoms with E-state index in [0.717, 1.165) is 5.56 Å². The highest BCUT2D eigenvalue weighted by Gasteiger charge is 2.16. The Labute approximate surface area is 141 Å². The number of carboxylic acids is 1. The summed E-state index contributed by atoms with van der Waals surface area (Å²) in [5.41, 5.74) is 0.643. The topological polar surface area (TPSA) is 105 Å². The van der Waals surface area contributed by atoms with Crippen LogP contribution in [-0.2, 0) is 20.9 Å². The fourth-order valence-corrected chi connectivity index (χ4v) is 1.88. The van der Waals surface area contributed by atoms with Crippen LogP contribution in [0.1, 0.15) is 32.8 Å². The van der Waals surface area contributed by atoms with E-state index in [9.17, 15) is 14.4 Å². The van der Waals surface area contributed by atoms with Gasteiger partial charge in [0.15, 0.2) is 6.61 Å². The van der Waals surface area contributed by atoms with Crippen LogP contribution in [0.4, 0.5) is 0 Å². The van der Waals surface area contributed by atoms with Gasteiger partial charge in [-0.15, -0.1) is 0 Å². The quantitative estimate of drug-likeness (QED) is 0.664. The van der Waals surface area contributed by atoms with E-state index in [1.165, 1.54) is 0 Å². The molecule has 0 atom stereocenters. The van der Waals surface area contributed by atoms with Gasteiger partial charge < -0.3 is 20.5 Å². The first-order valence-corrected chi connectivity index (χ1v) is 7.63. The molecule has 0 aromatic heterocycles. The van der Waals surface area contributed by atoms with E-state index in [1.807, 2.05) is 20.8 Å². The maximum atomic E-state index is 11.8. The Kier molecular flexibility index (Phi) is 7.23. The van der Waals surface area contributed by atoms with Gasteiger partial charge in [0.2, 0.25) is 11.8 Å². The molecule has 0 saturated carbocycles. The highest BCUT2D eigenvalue weighted by atomic mass is 16.5. The van der Waals surface area contributed by atoms with E-state index >= 15 is 0 Å². The minimum Gasteiger partial charge on any atom is -0.482 e. The van der Waals surface area contributed by atoms with E-state index in [1.54, 1.807) is 24.3 Å². The highest BCUT2D eigenvalue weighted by molar-refractivity contribution is 5.84. The van der Waals surface area contributed by atoms with Gasteiger partial charge in [-0.1, -0.05) is 32.9 Å². The zero-order chi connectivity index (χ0) is 18.2.